The quantitative estimate of drug-likeness (QED) is 0.164. The SMILES string of the molecule is Nc1nc2c(ncn2[C@@H]2O[C@H](COP(=O)(O)OP(=O)(O)O)[C@@H](O)[C@H]2O)c(=[Se])[nH]1. The number of nitrogens with one attached hydrogen (secondary N) is 1. The maximum absolute atomic E-state index is 11.5. The average molecular weight is 506 g/mol. The Balaban J connectivity index is 1.79. The Labute approximate surface area is 163 Å². The normalized spacial score (nSPS) is 27.9. The van der Waals surface area contributed by atoms with E-state index in [1.807, 2.05) is 0 Å². The number of imidazole rings is 1. The summed E-state index contributed by atoms with van der Waals surface area (Å²) in [4.78, 5) is 37.3. The van der Waals surface area contributed by atoms with Crippen LogP contribution in [0.1, 0.15) is 6.23 Å². The van der Waals surface area contributed by atoms with Gasteiger partial charge in [-0.2, -0.15) is 0 Å². The molecule has 1 fully saturated rings. The van der Waals surface area contributed by atoms with Gasteiger partial charge < -0.3 is 9.79 Å². The van der Waals surface area contributed by atoms with Crippen molar-refractivity contribution >= 4 is 48.3 Å². The molecule has 0 aliphatic carbocycles. The molecule has 3 heterocycles. The first-order valence-electron chi connectivity index (χ1n) is 7.36. The van der Waals surface area contributed by atoms with Crippen molar-refractivity contribution in [2.24, 2.45) is 0 Å². The van der Waals surface area contributed by atoms with Crippen LogP contribution in [0, 0.1) is 4.19 Å². The van der Waals surface area contributed by atoms with Crippen LogP contribution in [0.25, 0.3) is 11.2 Å². The van der Waals surface area contributed by atoms with Crippen molar-refractivity contribution in [2.45, 2.75) is 24.5 Å². The number of ether oxygens (including phenoxy) is 1. The van der Waals surface area contributed by atoms with Gasteiger partial charge in [0.15, 0.2) is 0 Å². The van der Waals surface area contributed by atoms with Gasteiger partial charge in [0.2, 0.25) is 0 Å². The van der Waals surface area contributed by atoms with Crippen molar-refractivity contribution in [1.82, 2.24) is 19.5 Å². The Morgan fingerprint density at radius 2 is 2.00 bits per heavy atom. The van der Waals surface area contributed by atoms with E-state index in [9.17, 15) is 24.2 Å². The summed E-state index contributed by atoms with van der Waals surface area (Å²) in [7, 11) is -10.4. The molecule has 1 aliphatic heterocycles. The van der Waals surface area contributed by atoms with Crippen molar-refractivity contribution < 1.29 is 47.6 Å². The molecule has 0 aromatic carbocycles. The van der Waals surface area contributed by atoms with Crippen LogP contribution >= 0.6 is 15.6 Å². The van der Waals surface area contributed by atoms with Gasteiger partial charge in [0.25, 0.3) is 0 Å². The zero-order valence-corrected chi connectivity index (χ0v) is 17.1. The van der Waals surface area contributed by atoms with Gasteiger partial charge in [-0.1, -0.05) is 0 Å². The third-order valence-electron chi connectivity index (χ3n) is 3.67. The number of aliphatic hydroxyl groups excluding tert-OH is 2. The minimum absolute atomic E-state index is 0.0479. The van der Waals surface area contributed by atoms with Crippen LogP contribution in [0.2, 0.25) is 0 Å². The van der Waals surface area contributed by atoms with Gasteiger partial charge >= 0.3 is 148 Å². The summed E-state index contributed by atoms with van der Waals surface area (Å²) in [5, 5.41) is 20.4. The number of phosphoric ester groups is 1. The molecule has 1 saturated heterocycles. The predicted octanol–water partition coefficient (Wildman–Crippen LogP) is -2.11. The van der Waals surface area contributed by atoms with Crippen LogP contribution in [-0.2, 0) is 22.7 Å². The first-order valence-corrected chi connectivity index (χ1v) is 11.2. The molecule has 0 bridgehead atoms. The zero-order chi connectivity index (χ0) is 20.9. The molecule has 3 rings (SSSR count). The summed E-state index contributed by atoms with van der Waals surface area (Å²) in [6.07, 6.45) is -4.34. The molecule has 5 atom stereocenters. The number of aromatic nitrogens is 4. The third-order valence-corrected chi connectivity index (χ3v) is 6.45. The molecule has 2 aromatic heterocycles. The molecule has 15 nitrogen and oxygen atoms in total. The summed E-state index contributed by atoms with van der Waals surface area (Å²) in [5.74, 6) is 0.0479. The van der Waals surface area contributed by atoms with Crippen molar-refractivity contribution in [3.63, 3.8) is 0 Å². The fourth-order valence-corrected chi connectivity index (χ4v) is 4.67. The number of nitrogens with zero attached hydrogens (tertiary/aromatic N) is 3. The van der Waals surface area contributed by atoms with E-state index in [-0.39, 0.29) is 11.6 Å². The predicted molar refractivity (Wildman–Crippen MR) is 90.1 cm³/mol. The van der Waals surface area contributed by atoms with Crippen molar-refractivity contribution in [2.75, 3.05) is 12.3 Å². The van der Waals surface area contributed by atoms with Crippen LogP contribution in [0.5, 0.6) is 0 Å². The van der Waals surface area contributed by atoms with E-state index >= 15 is 0 Å². The third kappa shape index (κ3) is 4.60. The van der Waals surface area contributed by atoms with Crippen LogP contribution in [-0.4, -0.2) is 84.9 Å². The fourth-order valence-electron chi connectivity index (χ4n) is 2.55. The van der Waals surface area contributed by atoms with Gasteiger partial charge in [0.1, 0.15) is 0 Å². The van der Waals surface area contributed by atoms with Gasteiger partial charge in [-0.15, -0.1) is 0 Å². The first kappa shape index (κ1) is 21.7. The van der Waals surface area contributed by atoms with Crippen LogP contribution in [0.3, 0.4) is 0 Å². The number of hydrogen-bond acceptors (Lipinski definition) is 10. The monoisotopic (exact) mass is 507 g/mol. The number of phosphoric acid groups is 2. The standard InChI is InChI=1S/C10H15N5O10P2Se/c11-10-13-7-4(8(28)14-10)12-2-15(7)9-6(17)5(16)3(24-9)1-23-27(21,22)25-26(18,19)20/h2-3,5-6,9,16-17H,1H2,(H,21,22)(H2,18,19,20)(H3,11,13,14,28)/t3-,5-,6-,9-/m1/s1. The number of aromatic amines is 1. The summed E-state index contributed by atoms with van der Waals surface area (Å²) >= 11 is 2.71. The van der Waals surface area contributed by atoms with E-state index in [1.54, 1.807) is 0 Å². The Morgan fingerprint density at radius 3 is 2.64 bits per heavy atom. The number of H-pyrrole nitrogens is 1. The van der Waals surface area contributed by atoms with Crippen molar-refractivity contribution in [3.05, 3.63) is 10.5 Å². The van der Waals surface area contributed by atoms with Crippen LogP contribution in [0.15, 0.2) is 6.33 Å². The topological polar surface area (TPSA) is 235 Å². The van der Waals surface area contributed by atoms with Crippen LogP contribution in [0.4, 0.5) is 5.95 Å². The van der Waals surface area contributed by atoms with Gasteiger partial charge in [-0.3, -0.25) is 0 Å². The molecule has 1 aliphatic rings. The molecular weight excluding hydrogens is 491 g/mol. The van der Waals surface area contributed by atoms with E-state index in [0.717, 1.165) is 0 Å². The second kappa shape index (κ2) is 7.69. The number of anilines is 1. The van der Waals surface area contributed by atoms with Gasteiger partial charge in [-0.25, -0.2) is 4.57 Å². The number of nitrogen functional groups attached to an aromatic ring is 1. The van der Waals surface area contributed by atoms with Crippen LogP contribution < -0.4 is 5.73 Å². The first-order chi connectivity index (χ1) is 12.9. The molecule has 0 radical (unpaired) electrons. The Kier molecular flexibility index (Phi) is 5.96. The Hall–Kier alpha value is -0.991. The number of hydrogen-bond donors (Lipinski definition) is 7. The molecule has 1 unspecified atom stereocenters. The molecule has 0 saturated carbocycles. The van der Waals surface area contributed by atoms with E-state index in [4.69, 9.17) is 20.3 Å². The van der Waals surface area contributed by atoms with E-state index < -0.39 is 46.8 Å². The van der Waals surface area contributed by atoms with Gasteiger partial charge in [-0.05, 0) is 0 Å². The summed E-state index contributed by atoms with van der Waals surface area (Å²) in [6.45, 7) is -0.814. The zero-order valence-electron chi connectivity index (χ0n) is 13.6. The van der Waals surface area contributed by atoms with E-state index in [0.29, 0.717) is 9.71 Å². The molecule has 156 valence electrons. The fraction of sp³-hybridized carbons (Fsp3) is 0.500. The number of nitrogens with two attached hydrogens (primary N) is 1. The number of aliphatic hydroxyl groups is 2. The molecule has 18 heteroatoms. The summed E-state index contributed by atoms with van der Waals surface area (Å²) in [6, 6.07) is 0. The molecule has 8 N–H and O–H groups in total. The second-order valence-electron chi connectivity index (χ2n) is 5.66. The van der Waals surface area contributed by atoms with Crippen molar-refractivity contribution in [1.29, 1.82) is 0 Å². The Bertz CT molecular complexity index is 1040. The summed E-state index contributed by atoms with van der Waals surface area (Å²) < 4.78 is 37.5. The number of fused-ring (bicyclic) bond motifs is 1. The van der Waals surface area contributed by atoms with Gasteiger partial charge in [0.05, 0.1) is 0 Å². The average Bonchev–Trinajstić information content (AvgIpc) is 3.06. The molecule has 0 amide bonds. The van der Waals surface area contributed by atoms with E-state index in [1.165, 1.54) is 10.9 Å². The second-order valence-corrected chi connectivity index (χ2v) is 9.34. The molecule has 2 aromatic rings. The summed E-state index contributed by atoms with van der Waals surface area (Å²) in [5.41, 5.74) is 6.26. The Morgan fingerprint density at radius 1 is 1.32 bits per heavy atom. The maximum atomic E-state index is 11.5. The molecular formula is C10H15N5O10P2Se. The molecule has 0 spiro atoms. The van der Waals surface area contributed by atoms with E-state index in [2.05, 4.69) is 39.4 Å². The molecule has 28 heavy (non-hydrogen) atoms. The van der Waals surface area contributed by atoms with Crippen molar-refractivity contribution in [3.8, 4) is 0 Å². The number of rotatable bonds is 6. The van der Waals surface area contributed by atoms with Gasteiger partial charge in [0, 0.05) is 0 Å². The minimum atomic E-state index is -5.29.